The minimum Gasteiger partial charge on any atom is -0.290 e. The lowest BCUT2D eigenvalue weighted by molar-refractivity contribution is -0.110. The Labute approximate surface area is 58.3 Å². The molecule has 0 fully saturated rings. The molecule has 0 spiro atoms. The minimum absolute atomic E-state index is 0.0421. The molecule has 0 amide bonds. The lowest BCUT2D eigenvalue weighted by Gasteiger charge is -1.99. The molecule has 1 aliphatic heterocycles. The fourth-order valence-corrected chi connectivity index (χ4v) is 0.980. The summed E-state index contributed by atoms with van der Waals surface area (Å²) in [5.74, 6) is 0.0421. The smallest absolute Gasteiger partial charge is 0.179 e. The maximum atomic E-state index is 10.8. The number of nitrogens with zero attached hydrogens (tertiary/aromatic N) is 1. The largest absolute Gasteiger partial charge is 0.290 e. The zero-order valence-electron chi connectivity index (χ0n) is 5.24. The number of ketones is 1. The predicted octanol–water partition coefficient (Wildman–Crippen LogP) is 1.02. The van der Waals surface area contributed by atoms with E-state index in [2.05, 4.69) is 4.99 Å². The van der Waals surface area contributed by atoms with E-state index in [0.717, 1.165) is 11.1 Å². The summed E-state index contributed by atoms with van der Waals surface area (Å²) in [5.41, 5.74) is 1.95. The molecular weight excluding hydrogens is 126 g/mol. The van der Waals surface area contributed by atoms with E-state index in [0.29, 0.717) is 0 Å². The Morgan fingerprint density at radius 1 is 1.20 bits per heavy atom. The van der Waals surface area contributed by atoms with Crippen LogP contribution in [0.4, 0.5) is 0 Å². The normalized spacial score (nSPS) is 20.6. The average molecular weight is 131 g/mol. The van der Waals surface area contributed by atoms with Crippen LogP contribution in [0.25, 0.3) is 0 Å². The molecule has 0 saturated heterocycles. The number of carbonyl (C=O) groups excluding carboxylic acids is 1. The number of hydrogen-bond donors (Lipinski definition) is 0. The Morgan fingerprint density at radius 2 is 2.10 bits per heavy atom. The summed E-state index contributed by atoms with van der Waals surface area (Å²) in [6.07, 6.45) is 8.35. The number of hydrogen-bond acceptors (Lipinski definition) is 2. The van der Waals surface area contributed by atoms with Gasteiger partial charge in [-0.25, -0.2) is 0 Å². The van der Waals surface area contributed by atoms with E-state index in [1.807, 2.05) is 0 Å². The predicted molar refractivity (Wildman–Crippen MR) is 38.8 cm³/mol. The van der Waals surface area contributed by atoms with E-state index < -0.39 is 0 Å². The molecule has 2 nitrogen and oxygen atoms in total. The highest BCUT2D eigenvalue weighted by Gasteiger charge is 2.10. The van der Waals surface area contributed by atoms with Crippen molar-refractivity contribution < 1.29 is 4.79 Å². The SMILES string of the molecule is O=C1C=CC2=CN=CC2=C1. The van der Waals surface area contributed by atoms with Crippen LogP contribution in [0.3, 0.4) is 0 Å². The maximum absolute atomic E-state index is 10.8. The first-order chi connectivity index (χ1) is 4.86. The van der Waals surface area contributed by atoms with Gasteiger partial charge in [-0.3, -0.25) is 9.79 Å². The van der Waals surface area contributed by atoms with Gasteiger partial charge >= 0.3 is 0 Å². The van der Waals surface area contributed by atoms with Gasteiger partial charge in [-0.05, 0) is 18.2 Å². The van der Waals surface area contributed by atoms with Crippen LogP contribution < -0.4 is 0 Å². The van der Waals surface area contributed by atoms with Crippen molar-refractivity contribution in [3.8, 4) is 0 Å². The van der Waals surface area contributed by atoms with Crippen LogP contribution in [-0.2, 0) is 4.79 Å². The van der Waals surface area contributed by atoms with E-state index >= 15 is 0 Å². The second-order valence-corrected chi connectivity index (χ2v) is 2.20. The summed E-state index contributed by atoms with van der Waals surface area (Å²) in [6, 6.07) is 0. The third-order valence-corrected chi connectivity index (χ3v) is 1.49. The highest BCUT2D eigenvalue weighted by Crippen LogP contribution is 2.18. The van der Waals surface area contributed by atoms with E-state index in [1.54, 1.807) is 30.6 Å². The van der Waals surface area contributed by atoms with Gasteiger partial charge in [-0.1, -0.05) is 0 Å². The van der Waals surface area contributed by atoms with Gasteiger partial charge in [-0.15, -0.1) is 0 Å². The Morgan fingerprint density at radius 3 is 3.00 bits per heavy atom. The molecule has 0 radical (unpaired) electrons. The molecule has 0 N–H and O–H groups in total. The summed E-state index contributed by atoms with van der Waals surface area (Å²) in [5, 5.41) is 0. The van der Waals surface area contributed by atoms with Crippen molar-refractivity contribution in [1.82, 2.24) is 0 Å². The van der Waals surface area contributed by atoms with Crippen molar-refractivity contribution in [3.05, 3.63) is 35.6 Å². The Hall–Kier alpha value is -1.44. The molecule has 0 bridgehead atoms. The number of aliphatic imine (C=N–C) groups is 1. The number of fused-ring (bicyclic) bond motifs is 1. The van der Waals surface area contributed by atoms with Gasteiger partial charge in [0.2, 0.25) is 0 Å². The van der Waals surface area contributed by atoms with Crippen LogP contribution in [0.15, 0.2) is 40.6 Å². The van der Waals surface area contributed by atoms with E-state index in [1.165, 1.54) is 0 Å². The number of allylic oxidation sites excluding steroid dienone is 5. The van der Waals surface area contributed by atoms with E-state index in [9.17, 15) is 4.79 Å². The van der Waals surface area contributed by atoms with Crippen LogP contribution in [0.5, 0.6) is 0 Å². The lowest BCUT2D eigenvalue weighted by Crippen LogP contribution is -1.97. The summed E-state index contributed by atoms with van der Waals surface area (Å²) >= 11 is 0. The van der Waals surface area contributed by atoms with Crippen LogP contribution in [0, 0.1) is 0 Å². The van der Waals surface area contributed by atoms with E-state index in [4.69, 9.17) is 0 Å². The van der Waals surface area contributed by atoms with Gasteiger partial charge in [0.15, 0.2) is 5.78 Å². The van der Waals surface area contributed by atoms with Crippen molar-refractivity contribution in [2.24, 2.45) is 4.99 Å². The molecule has 0 aromatic heterocycles. The Kier molecular flexibility index (Phi) is 0.947. The Balaban J connectivity index is 2.51. The summed E-state index contributed by atoms with van der Waals surface area (Å²) in [6.45, 7) is 0. The van der Waals surface area contributed by atoms with Crippen LogP contribution in [-0.4, -0.2) is 12.0 Å². The van der Waals surface area contributed by atoms with Crippen LogP contribution in [0.2, 0.25) is 0 Å². The van der Waals surface area contributed by atoms with Gasteiger partial charge in [-0.2, -0.15) is 0 Å². The summed E-state index contributed by atoms with van der Waals surface area (Å²) in [7, 11) is 0. The molecule has 2 heteroatoms. The fourth-order valence-electron chi connectivity index (χ4n) is 0.980. The van der Waals surface area contributed by atoms with Crippen molar-refractivity contribution >= 4 is 12.0 Å². The highest BCUT2D eigenvalue weighted by atomic mass is 16.1. The summed E-state index contributed by atoms with van der Waals surface area (Å²) in [4.78, 5) is 14.7. The molecule has 48 valence electrons. The third-order valence-electron chi connectivity index (χ3n) is 1.49. The highest BCUT2D eigenvalue weighted by molar-refractivity contribution is 6.08. The topological polar surface area (TPSA) is 29.4 Å². The van der Waals surface area contributed by atoms with Crippen molar-refractivity contribution in [3.63, 3.8) is 0 Å². The molecule has 1 aliphatic carbocycles. The summed E-state index contributed by atoms with van der Waals surface area (Å²) < 4.78 is 0. The minimum atomic E-state index is 0.0421. The quantitative estimate of drug-likeness (QED) is 0.482. The molecule has 0 aromatic carbocycles. The third kappa shape index (κ3) is 0.658. The Bertz CT molecular complexity index is 305. The van der Waals surface area contributed by atoms with Crippen LogP contribution in [0.1, 0.15) is 0 Å². The van der Waals surface area contributed by atoms with Gasteiger partial charge in [0.05, 0.1) is 0 Å². The molecule has 2 rings (SSSR count). The van der Waals surface area contributed by atoms with Crippen molar-refractivity contribution in [2.45, 2.75) is 0 Å². The second kappa shape index (κ2) is 1.77. The molecular formula is C8H5NO. The molecule has 0 atom stereocenters. The number of carbonyl (C=O) groups is 1. The first-order valence-corrected chi connectivity index (χ1v) is 3.04. The molecule has 0 aromatic rings. The molecule has 1 heterocycles. The first kappa shape index (κ1) is 5.35. The maximum Gasteiger partial charge on any atom is 0.179 e. The zero-order valence-corrected chi connectivity index (χ0v) is 5.24. The van der Waals surface area contributed by atoms with Gasteiger partial charge in [0.1, 0.15) is 0 Å². The van der Waals surface area contributed by atoms with Crippen molar-refractivity contribution in [2.75, 3.05) is 0 Å². The first-order valence-electron chi connectivity index (χ1n) is 3.04. The van der Waals surface area contributed by atoms with E-state index in [-0.39, 0.29) is 5.78 Å². The fraction of sp³-hybridized carbons (Fsp3) is 0. The molecule has 0 saturated carbocycles. The monoisotopic (exact) mass is 131 g/mol. The second-order valence-electron chi connectivity index (χ2n) is 2.20. The molecule has 10 heavy (non-hydrogen) atoms. The van der Waals surface area contributed by atoms with Crippen molar-refractivity contribution in [1.29, 1.82) is 0 Å². The standard InChI is InChI=1S/C8H5NO/c10-8-2-1-6-4-9-5-7(6)3-8/h1-5H. The van der Waals surface area contributed by atoms with Crippen LogP contribution >= 0.6 is 0 Å². The van der Waals surface area contributed by atoms with Gasteiger partial charge in [0, 0.05) is 23.6 Å². The molecule has 2 aliphatic rings. The zero-order chi connectivity index (χ0) is 6.97. The van der Waals surface area contributed by atoms with Gasteiger partial charge < -0.3 is 0 Å². The average Bonchev–Trinajstić information content (AvgIpc) is 2.33. The molecule has 0 unspecified atom stereocenters. The lowest BCUT2D eigenvalue weighted by atomic mass is 10.0. The van der Waals surface area contributed by atoms with Gasteiger partial charge in [0.25, 0.3) is 0 Å². The number of rotatable bonds is 0.